The van der Waals surface area contributed by atoms with Crippen LogP contribution in [0.4, 0.5) is 23.4 Å². The van der Waals surface area contributed by atoms with E-state index in [2.05, 4.69) is 4.98 Å². The second-order valence-corrected chi connectivity index (χ2v) is 9.74. The van der Waals surface area contributed by atoms with Crippen LogP contribution in [0.5, 0.6) is 5.75 Å². The number of alkyl halides is 3. The number of rotatable bonds is 6. The van der Waals surface area contributed by atoms with E-state index in [1.165, 1.54) is 12.1 Å². The molecule has 0 saturated carbocycles. The molecule has 1 N–H and O–H groups in total. The molecule has 1 aromatic heterocycles. The molecule has 0 radical (unpaired) electrons. The lowest BCUT2D eigenvalue weighted by Gasteiger charge is -2.33. The molecule has 0 bridgehead atoms. The first-order valence-corrected chi connectivity index (χ1v) is 12.0. The van der Waals surface area contributed by atoms with Crippen LogP contribution in [-0.4, -0.2) is 45.3 Å². The Balaban J connectivity index is 1.58. The Morgan fingerprint density at radius 2 is 1.94 bits per heavy atom. The van der Waals surface area contributed by atoms with Gasteiger partial charge in [-0.15, -0.1) is 0 Å². The number of piperidine rings is 1. The Kier molecular flexibility index (Phi) is 7.37. The van der Waals surface area contributed by atoms with Crippen molar-refractivity contribution in [3.05, 3.63) is 52.4 Å². The van der Waals surface area contributed by atoms with Crippen LogP contribution in [0, 0.1) is 11.7 Å². The summed E-state index contributed by atoms with van der Waals surface area (Å²) in [6.07, 6.45) is -2.55. The second kappa shape index (κ2) is 9.72. The third-order valence-electron chi connectivity index (χ3n) is 4.98. The van der Waals surface area contributed by atoms with Gasteiger partial charge in [0.15, 0.2) is 0 Å². The SMILES string of the molecule is CS(=O)(=O)NC(=O)c1cc(Cl)c(OCC2CCN(c3cccc(C(F)(F)F)n3)CC2)cc1F. The fourth-order valence-electron chi connectivity index (χ4n) is 3.33. The van der Waals surface area contributed by atoms with Gasteiger partial charge in [-0.1, -0.05) is 17.7 Å². The number of hydrogen-bond donors (Lipinski definition) is 1. The first kappa shape index (κ1) is 25.0. The minimum atomic E-state index is -4.52. The van der Waals surface area contributed by atoms with Gasteiger partial charge in [0.25, 0.3) is 5.91 Å². The molecule has 1 saturated heterocycles. The molecule has 13 heteroatoms. The van der Waals surface area contributed by atoms with Crippen molar-refractivity contribution < 1.29 is 35.5 Å². The fourth-order valence-corrected chi connectivity index (χ4v) is 4.00. The summed E-state index contributed by atoms with van der Waals surface area (Å²) in [5, 5.41) is -0.0688. The molecule has 33 heavy (non-hydrogen) atoms. The van der Waals surface area contributed by atoms with E-state index in [4.69, 9.17) is 16.3 Å². The summed E-state index contributed by atoms with van der Waals surface area (Å²) in [6, 6.07) is 5.64. The first-order chi connectivity index (χ1) is 15.3. The molecule has 1 amide bonds. The zero-order valence-electron chi connectivity index (χ0n) is 17.3. The number of nitrogens with zero attached hydrogens (tertiary/aromatic N) is 2. The van der Waals surface area contributed by atoms with Crippen molar-refractivity contribution in [2.75, 3.05) is 30.9 Å². The highest BCUT2D eigenvalue weighted by atomic mass is 35.5. The van der Waals surface area contributed by atoms with Crippen LogP contribution in [0.1, 0.15) is 28.9 Å². The van der Waals surface area contributed by atoms with Gasteiger partial charge >= 0.3 is 6.18 Å². The van der Waals surface area contributed by atoms with Crippen molar-refractivity contribution in [3.8, 4) is 5.75 Å². The third kappa shape index (κ3) is 6.70. The van der Waals surface area contributed by atoms with Crippen molar-refractivity contribution >= 4 is 33.3 Å². The van der Waals surface area contributed by atoms with E-state index in [-0.39, 0.29) is 29.1 Å². The number of amides is 1. The third-order valence-corrected chi connectivity index (χ3v) is 5.83. The van der Waals surface area contributed by atoms with Crippen LogP contribution in [-0.2, 0) is 16.2 Å². The largest absolute Gasteiger partial charge is 0.492 e. The fraction of sp³-hybridized carbons (Fsp3) is 0.400. The Morgan fingerprint density at radius 3 is 2.55 bits per heavy atom. The van der Waals surface area contributed by atoms with Gasteiger partial charge in [0.2, 0.25) is 10.0 Å². The number of nitrogens with one attached hydrogen (secondary N) is 1. The van der Waals surface area contributed by atoms with Gasteiger partial charge in [-0.25, -0.2) is 22.5 Å². The average molecular weight is 510 g/mol. The number of anilines is 1. The summed E-state index contributed by atoms with van der Waals surface area (Å²) in [5.41, 5.74) is -1.49. The molecule has 1 aliphatic rings. The van der Waals surface area contributed by atoms with E-state index in [9.17, 15) is 30.8 Å². The maximum absolute atomic E-state index is 14.3. The maximum Gasteiger partial charge on any atom is 0.433 e. The predicted molar refractivity (Wildman–Crippen MR) is 113 cm³/mol. The summed E-state index contributed by atoms with van der Waals surface area (Å²) in [5.74, 6) is -1.87. The normalized spacial score (nSPS) is 15.4. The molecule has 7 nitrogen and oxygen atoms in total. The number of carbonyl (C=O) groups is 1. The van der Waals surface area contributed by atoms with Crippen molar-refractivity contribution in [2.24, 2.45) is 5.92 Å². The van der Waals surface area contributed by atoms with E-state index in [1.807, 2.05) is 0 Å². The quantitative estimate of drug-likeness (QED) is 0.595. The molecule has 3 rings (SSSR count). The van der Waals surface area contributed by atoms with Gasteiger partial charge < -0.3 is 9.64 Å². The molecule has 0 spiro atoms. The number of halogens is 5. The van der Waals surface area contributed by atoms with Gasteiger partial charge in [0, 0.05) is 19.2 Å². The number of aromatic nitrogens is 1. The van der Waals surface area contributed by atoms with Gasteiger partial charge in [0.05, 0.1) is 23.4 Å². The Hall–Kier alpha value is -2.60. The zero-order valence-corrected chi connectivity index (χ0v) is 18.9. The highest BCUT2D eigenvalue weighted by Gasteiger charge is 2.33. The molecule has 0 aliphatic carbocycles. The first-order valence-electron chi connectivity index (χ1n) is 9.76. The van der Waals surface area contributed by atoms with Gasteiger partial charge in [-0.3, -0.25) is 4.79 Å². The van der Waals surface area contributed by atoms with E-state index >= 15 is 0 Å². The Bertz CT molecular complexity index is 1140. The molecule has 1 fully saturated rings. The minimum absolute atomic E-state index is 0.00736. The highest BCUT2D eigenvalue weighted by Crippen LogP contribution is 2.31. The molecule has 2 heterocycles. The lowest BCUT2D eigenvalue weighted by atomic mass is 9.98. The summed E-state index contributed by atoms with van der Waals surface area (Å²) < 4.78 is 82.5. The van der Waals surface area contributed by atoms with Crippen LogP contribution in [0.15, 0.2) is 30.3 Å². The Labute approximate surface area is 192 Å². The molecule has 0 unspecified atom stereocenters. The smallest absolute Gasteiger partial charge is 0.433 e. The van der Waals surface area contributed by atoms with Crippen LogP contribution < -0.4 is 14.4 Å². The number of pyridine rings is 1. The molecule has 1 aliphatic heterocycles. The summed E-state index contributed by atoms with van der Waals surface area (Å²) in [7, 11) is -3.88. The molecular weight excluding hydrogens is 490 g/mol. The van der Waals surface area contributed by atoms with Crippen LogP contribution in [0.2, 0.25) is 5.02 Å². The van der Waals surface area contributed by atoms with Crippen LogP contribution in [0.3, 0.4) is 0 Å². The Morgan fingerprint density at radius 1 is 1.27 bits per heavy atom. The molecule has 0 atom stereocenters. The summed E-state index contributed by atoms with van der Waals surface area (Å²) in [4.78, 5) is 17.3. The number of benzene rings is 1. The van der Waals surface area contributed by atoms with E-state index < -0.39 is 39.2 Å². The number of sulfonamides is 1. The van der Waals surface area contributed by atoms with E-state index in [0.29, 0.717) is 25.9 Å². The molecule has 180 valence electrons. The van der Waals surface area contributed by atoms with E-state index in [0.717, 1.165) is 24.5 Å². The van der Waals surface area contributed by atoms with Gasteiger partial charge in [-0.2, -0.15) is 13.2 Å². The van der Waals surface area contributed by atoms with Gasteiger partial charge in [0.1, 0.15) is 23.1 Å². The lowest BCUT2D eigenvalue weighted by Crippen LogP contribution is -2.36. The standard InChI is InChI=1S/C20H20ClF4N3O4S/c1-33(30,31)27-19(29)13-9-14(21)16(10-15(13)22)32-11-12-5-7-28(8-6-12)18-4-2-3-17(26-18)20(23,24)25/h2-4,9-10,12H,5-8,11H2,1H3,(H,27,29). The minimum Gasteiger partial charge on any atom is -0.492 e. The topological polar surface area (TPSA) is 88.6 Å². The number of carbonyl (C=O) groups excluding carboxylic acids is 1. The van der Waals surface area contributed by atoms with Gasteiger partial charge in [-0.05, 0) is 37.0 Å². The second-order valence-electron chi connectivity index (χ2n) is 7.59. The molecular formula is C20H20ClF4N3O4S. The van der Waals surface area contributed by atoms with Crippen LogP contribution >= 0.6 is 11.6 Å². The predicted octanol–water partition coefficient (Wildman–Crippen LogP) is 3.88. The number of hydrogen-bond acceptors (Lipinski definition) is 6. The average Bonchev–Trinajstić information content (AvgIpc) is 2.72. The summed E-state index contributed by atoms with van der Waals surface area (Å²) in [6.45, 7) is 1.11. The van der Waals surface area contributed by atoms with E-state index in [1.54, 1.807) is 9.62 Å². The van der Waals surface area contributed by atoms with Crippen molar-refractivity contribution in [2.45, 2.75) is 19.0 Å². The monoisotopic (exact) mass is 509 g/mol. The van der Waals surface area contributed by atoms with Crippen molar-refractivity contribution in [1.82, 2.24) is 9.71 Å². The van der Waals surface area contributed by atoms with Crippen molar-refractivity contribution in [3.63, 3.8) is 0 Å². The number of ether oxygens (including phenoxy) is 1. The summed E-state index contributed by atoms with van der Waals surface area (Å²) >= 11 is 6.06. The molecule has 1 aromatic carbocycles. The molecule has 2 aromatic rings. The van der Waals surface area contributed by atoms with Crippen molar-refractivity contribution in [1.29, 1.82) is 0 Å². The van der Waals surface area contributed by atoms with Crippen LogP contribution in [0.25, 0.3) is 0 Å². The zero-order chi connectivity index (χ0) is 24.4. The highest BCUT2D eigenvalue weighted by molar-refractivity contribution is 7.89. The maximum atomic E-state index is 14.3. The lowest BCUT2D eigenvalue weighted by molar-refractivity contribution is -0.141.